The Morgan fingerprint density at radius 2 is 1.97 bits per heavy atom. The summed E-state index contributed by atoms with van der Waals surface area (Å²) in [6.45, 7) is 6.60. The van der Waals surface area contributed by atoms with E-state index in [2.05, 4.69) is 35.1 Å². The van der Waals surface area contributed by atoms with Crippen LogP contribution < -0.4 is 10.1 Å². The van der Waals surface area contributed by atoms with Gasteiger partial charge in [0.2, 0.25) is 5.95 Å². The molecular weight excluding hydrogens is 362 g/mol. The molecule has 0 amide bonds. The molecule has 0 spiro atoms. The van der Waals surface area contributed by atoms with E-state index in [9.17, 15) is 0 Å². The fourth-order valence-electron chi connectivity index (χ4n) is 3.67. The first-order chi connectivity index (χ1) is 14.1. The molecule has 1 aliphatic rings. The SMILES string of the molecule is CC(C)N1CCC(Oc2cccc3cnc(Nc4cccc(C#N)c4)nc23)CC1. The zero-order chi connectivity index (χ0) is 20.2. The topological polar surface area (TPSA) is 74.1 Å². The summed E-state index contributed by atoms with van der Waals surface area (Å²) in [5.74, 6) is 1.28. The van der Waals surface area contributed by atoms with E-state index in [0.717, 1.165) is 48.3 Å². The van der Waals surface area contributed by atoms with Gasteiger partial charge in [-0.05, 0) is 51.0 Å². The highest BCUT2D eigenvalue weighted by molar-refractivity contribution is 5.85. The molecule has 0 unspecified atom stereocenters. The van der Waals surface area contributed by atoms with Crippen LogP contribution in [0.3, 0.4) is 0 Å². The van der Waals surface area contributed by atoms with Crippen molar-refractivity contribution in [2.24, 2.45) is 0 Å². The predicted octanol–water partition coefficient (Wildman–Crippen LogP) is 4.50. The second kappa shape index (κ2) is 8.46. The van der Waals surface area contributed by atoms with Crippen molar-refractivity contribution in [3.8, 4) is 11.8 Å². The molecule has 148 valence electrons. The number of ether oxygens (including phenoxy) is 1. The Morgan fingerprint density at radius 1 is 1.17 bits per heavy atom. The van der Waals surface area contributed by atoms with E-state index in [4.69, 9.17) is 15.0 Å². The first kappa shape index (κ1) is 19.2. The molecule has 2 aromatic carbocycles. The van der Waals surface area contributed by atoms with Crippen molar-refractivity contribution in [1.82, 2.24) is 14.9 Å². The number of anilines is 2. The zero-order valence-electron chi connectivity index (χ0n) is 16.8. The number of hydrogen-bond donors (Lipinski definition) is 1. The van der Waals surface area contributed by atoms with E-state index in [1.54, 1.807) is 18.3 Å². The van der Waals surface area contributed by atoms with Crippen LogP contribution in [0.4, 0.5) is 11.6 Å². The fourth-order valence-corrected chi connectivity index (χ4v) is 3.67. The number of benzene rings is 2. The maximum atomic E-state index is 9.08. The highest BCUT2D eigenvalue weighted by Gasteiger charge is 2.22. The highest BCUT2D eigenvalue weighted by atomic mass is 16.5. The minimum Gasteiger partial charge on any atom is -0.488 e. The maximum Gasteiger partial charge on any atom is 0.227 e. The number of fused-ring (bicyclic) bond motifs is 1. The molecule has 1 N–H and O–H groups in total. The summed E-state index contributed by atoms with van der Waals surface area (Å²) in [7, 11) is 0. The molecule has 2 heterocycles. The molecule has 1 aliphatic heterocycles. The molecule has 0 radical (unpaired) electrons. The summed E-state index contributed by atoms with van der Waals surface area (Å²) in [6, 6.07) is 15.9. The van der Waals surface area contributed by atoms with Gasteiger partial charge < -0.3 is 15.0 Å². The van der Waals surface area contributed by atoms with Gasteiger partial charge in [0.15, 0.2) is 0 Å². The van der Waals surface area contributed by atoms with Crippen molar-refractivity contribution in [3.63, 3.8) is 0 Å². The van der Waals surface area contributed by atoms with Crippen molar-refractivity contribution < 1.29 is 4.74 Å². The fraction of sp³-hybridized carbons (Fsp3) is 0.348. The molecular formula is C23H25N5O. The summed E-state index contributed by atoms with van der Waals surface area (Å²) in [4.78, 5) is 11.6. The zero-order valence-corrected chi connectivity index (χ0v) is 16.8. The summed E-state index contributed by atoms with van der Waals surface area (Å²) in [5.41, 5.74) is 2.17. The third kappa shape index (κ3) is 4.47. The lowest BCUT2D eigenvalue weighted by Crippen LogP contribution is -2.41. The molecule has 1 saturated heterocycles. The number of rotatable bonds is 5. The van der Waals surface area contributed by atoms with Gasteiger partial charge in [-0.15, -0.1) is 0 Å². The molecule has 1 aromatic heterocycles. The number of nitriles is 1. The van der Waals surface area contributed by atoms with Gasteiger partial charge in [-0.1, -0.05) is 18.2 Å². The van der Waals surface area contributed by atoms with Gasteiger partial charge in [-0.2, -0.15) is 5.26 Å². The lowest BCUT2D eigenvalue weighted by molar-refractivity contribution is 0.0852. The Hall–Kier alpha value is -3.17. The van der Waals surface area contributed by atoms with Gasteiger partial charge in [-0.3, -0.25) is 0 Å². The Balaban J connectivity index is 1.54. The van der Waals surface area contributed by atoms with Crippen molar-refractivity contribution in [1.29, 1.82) is 5.26 Å². The van der Waals surface area contributed by atoms with Gasteiger partial charge in [0.05, 0.1) is 11.6 Å². The number of para-hydroxylation sites is 1. The number of likely N-dealkylation sites (tertiary alicyclic amines) is 1. The Kier molecular flexibility index (Phi) is 5.59. The Bertz CT molecular complexity index is 1030. The van der Waals surface area contributed by atoms with Crippen LogP contribution in [0.2, 0.25) is 0 Å². The molecule has 6 heteroatoms. The highest BCUT2D eigenvalue weighted by Crippen LogP contribution is 2.28. The molecule has 29 heavy (non-hydrogen) atoms. The minimum absolute atomic E-state index is 0.203. The van der Waals surface area contributed by atoms with Crippen LogP contribution in [0.15, 0.2) is 48.7 Å². The molecule has 0 bridgehead atoms. The van der Waals surface area contributed by atoms with Crippen molar-refractivity contribution in [3.05, 3.63) is 54.2 Å². The second-order valence-electron chi connectivity index (χ2n) is 7.65. The van der Waals surface area contributed by atoms with E-state index < -0.39 is 0 Å². The van der Waals surface area contributed by atoms with E-state index >= 15 is 0 Å². The van der Waals surface area contributed by atoms with Gasteiger partial charge >= 0.3 is 0 Å². The van der Waals surface area contributed by atoms with E-state index in [1.165, 1.54) is 0 Å². The lowest BCUT2D eigenvalue weighted by atomic mass is 10.1. The van der Waals surface area contributed by atoms with Crippen LogP contribution >= 0.6 is 0 Å². The van der Waals surface area contributed by atoms with Gasteiger partial charge in [0.25, 0.3) is 0 Å². The Labute approximate surface area is 171 Å². The smallest absolute Gasteiger partial charge is 0.227 e. The molecule has 6 nitrogen and oxygen atoms in total. The van der Waals surface area contributed by atoms with E-state index in [0.29, 0.717) is 17.6 Å². The standard InChI is InChI=1S/C23H25N5O/c1-16(2)28-11-9-20(10-12-28)29-21-8-4-6-18-15-25-23(27-22(18)21)26-19-7-3-5-17(13-19)14-24/h3-8,13,15-16,20H,9-12H2,1-2H3,(H,25,26,27). The first-order valence-electron chi connectivity index (χ1n) is 10.1. The number of aromatic nitrogens is 2. The predicted molar refractivity (Wildman–Crippen MR) is 114 cm³/mol. The average molecular weight is 387 g/mol. The number of piperidine rings is 1. The summed E-state index contributed by atoms with van der Waals surface area (Å²) < 4.78 is 6.35. The van der Waals surface area contributed by atoms with Crippen LogP contribution in [0, 0.1) is 11.3 Å². The molecule has 4 rings (SSSR count). The molecule has 0 atom stereocenters. The van der Waals surface area contributed by atoms with Crippen LogP contribution in [0.5, 0.6) is 5.75 Å². The van der Waals surface area contributed by atoms with E-state index in [1.807, 2.05) is 30.3 Å². The maximum absolute atomic E-state index is 9.08. The number of nitrogens with zero attached hydrogens (tertiary/aromatic N) is 4. The monoisotopic (exact) mass is 387 g/mol. The first-order valence-corrected chi connectivity index (χ1v) is 10.1. The quantitative estimate of drug-likeness (QED) is 0.695. The normalized spacial score (nSPS) is 15.4. The third-order valence-corrected chi connectivity index (χ3v) is 5.32. The van der Waals surface area contributed by atoms with Crippen molar-refractivity contribution in [2.75, 3.05) is 18.4 Å². The third-order valence-electron chi connectivity index (χ3n) is 5.32. The molecule has 0 aliphatic carbocycles. The van der Waals surface area contributed by atoms with Crippen LogP contribution in [0.25, 0.3) is 10.9 Å². The Morgan fingerprint density at radius 3 is 2.72 bits per heavy atom. The van der Waals surface area contributed by atoms with Crippen LogP contribution in [-0.4, -0.2) is 40.1 Å². The second-order valence-corrected chi connectivity index (χ2v) is 7.65. The van der Waals surface area contributed by atoms with Crippen LogP contribution in [-0.2, 0) is 0 Å². The van der Waals surface area contributed by atoms with Crippen molar-refractivity contribution in [2.45, 2.75) is 38.8 Å². The van der Waals surface area contributed by atoms with Gasteiger partial charge in [-0.25, -0.2) is 9.97 Å². The average Bonchev–Trinajstić information content (AvgIpc) is 2.75. The van der Waals surface area contributed by atoms with Crippen molar-refractivity contribution >= 4 is 22.5 Å². The number of nitrogens with one attached hydrogen (secondary N) is 1. The largest absolute Gasteiger partial charge is 0.488 e. The lowest BCUT2D eigenvalue weighted by Gasteiger charge is -2.34. The summed E-state index contributed by atoms with van der Waals surface area (Å²) >= 11 is 0. The number of hydrogen-bond acceptors (Lipinski definition) is 6. The summed E-state index contributed by atoms with van der Waals surface area (Å²) in [5, 5.41) is 13.2. The molecule has 0 saturated carbocycles. The van der Waals surface area contributed by atoms with Gasteiger partial charge in [0, 0.05) is 36.4 Å². The van der Waals surface area contributed by atoms with Crippen LogP contribution in [0.1, 0.15) is 32.3 Å². The van der Waals surface area contributed by atoms with Gasteiger partial charge in [0.1, 0.15) is 17.4 Å². The minimum atomic E-state index is 0.203. The van der Waals surface area contributed by atoms with E-state index in [-0.39, 0.29) is 6.10 Å². The molecule has 1 fully saturated rings. The molecule has 3 aromatic rings. The summed E-state index contributed by atoms with van der Waals surface area (Å²) in [6.07, 6.45) is 4.04.